The Morgan fingerprint density at radius 1 is 1.26 bits per heavy atom. The summed E-state index contributed by atoms with van der Waals surface area (Å²) in [6.45, 7) is 4.32. The minimum absolute atomic E-state index is 0.0189. The van der Waals surface area contributed by atoms with Crippen LogP contribution in [-0.2, 0) is 23.8 Å². The van der Waals surface area contributed by atoms with Gasteiger partial charge >= 0.3 is 5.97 Å². The Balaban J connectivity index is 1.84. The van der Waals surface area contributed by atoms with E-state index < -0.39 is 5.97 Å². The molecule has 0 fully saturated rings. The van der Waals surface area contributed by atoms with Gasteiger partial charge in [0.15, 0.2) is 6.61 Å². The second-order valence-electron chi connectivity index (χ2n) is 5.22. The minimum atomic E-state index is -0.705. The number of carbonyl (C=O) groups is 2. The van der Waals surface area contributed by atoms with Crippen LogP contribution in [0.15, 0.2) is 36.3 Å². The summed E-state index contributed by atoms with van der Waals surface area (Å²) in [5.74, 6) is -1.08. The van der Waals surface area contributed by atoms with Crippen LogP contribution >= 0.6 is 0 Å². The lowest BCUT2D eigenvalue weighted by atomic mass is 10.0. The standard InChI is InChI=1S/C17H21NO5/c1-3-14(13-6-4-12(2)5-7-13)18-16(19)11-23-17(20)15-10-21-8-9-22-15/h4-7,10,14H,3,8-9,11H2,1-2H3,(H,18,19)/t14-/m1/s1. The molecular weight excluding hydrogens is 298 g/mol. The van der Waals surface area contributed by atoms with Crippen LogP contribution in [-0.4, -0.2) is 31.7 Å². The summed E-state index contributed by atoms with van der Waals surface area (Å²) in [4.78, 5) is 23.6. The van der Waals surface area contributed by atoms with Gasteiger partial charge < -0.3 is 19.5 Å². The van der Waals surface area contributed by atoms with Gasteiger partial charge in [-0.05, 0) is 18.9 Å². The van der Waals surface area contributed by atoms with Crippen molar-refractivity contribution in [3.05, 3.63) is 47.4 Å². The molecule has 0 spiro atoms. The number of rotatable bonds is 6. The molecule has 0 saturated carbocycles. The smallest absolute Gasteiger partial charge is 0.377 e. The van der Waals surface area contributed by atoms with Gasteiger partial charge in [-0.15, -0.1) is 0 Å². The predicted molar refractivity (Wildman–Crippen MR) is 83.3 cm³/mol. The highest BCUT2D eigenvalue weighted by Crippen LogP contribution is 2.17. The molecule has 1 atom stereocenters. The topological polar surface area (TPSA) is 73.9 Å². The molecule has 6 nitrogen and oxygen atoms in total. The molecule has 1 heterocycles. The van der Waals surface area contributed by atoms with E-state index in [4.69, 9.17) is 14.2 Å². The highest BCUT2D eigenvalue weighted by molar-refractivity contribution is 5.88. The molecule has 0 saturated heterocycles. The fourth-order valence-electron chi connectivity index (χ4n) is 2.13. The molecule has 0 aliphatic carbocycles. The number of nitrogens with one attached hydrogen (secondary N) is 1. The first-order valence-electron chi connectivity index (χ1n) is 7.57. The fraction of sp³-hybridized carbons (Fsp3) is 0.412. The summed E-state index contributed by atoms with van der Waals surface area (Å²) >= 11 is 0. The molecule has 1 aromatic carbocycles. The summed E-state index contributed by atoms with van der Waals surface area (Å²) in [5, 5.41) is 2.85. The average molecular weight is 319 g/mol. The van der Waals surface area contributed by atoms with Gasteiger partial charge in [0.2, 0.25) is 5.76 Å². The van der Waals surface area contributed by atoms with E-state index in [1.54, 1.807) is 0 Å². The number of aryl methyl sites for hydroxylation is 1. The SMILES string of the molecule is CC[C@@H](NC(=O)COC(=O)C1=COCCO1)c1ccc(C)cc1. The quantitative estimate of drug-likeness (QED) is 0.812. The lowest BCUT2D eigenvalue weighted by Gasteiger charge is -2.18. The lowest BCUT2D eigenvalue weighted by molar-refractivity contribution is -0.149. The number of hydrogen-bond donors (Lipinski definition) is 1. The van der Waals surface area contributed by atoms with Gasteiger partial charge in [-0.2, -0.15) is 0 Å². The predicted octanol–water partition coefficient (Wildman–Crippen LogP) is 1.99. The van der Waals surface area contributed by atoms with Crippen molar-refractivity contribution in [2.24, 2.45) is 0 Å². The second-order valence-corrected chi connectivity index (χ2v) is 5.22. The molecule has 1 aromatic rings. The van der Waals surface area contributed by atoms with Gasteiger partial charge in [-0.1, -0.05) is 36.8 Å². The molecule has 2 rings (SSSR count). The van der Waals surface area contributed by atoms with E-state index in [0.717, 1.165) is 17.5 Å². The summed E-state index contributed by atoms with van der Waals surface area (Å²) in [5.41, 5.74) is 2.18. The largest absolute Gasteiger partial charge is 0.493 e. The van der Waals surface area contributed by atoms with Gasteiger partial charge in [0, 0.05) is 0 Å². The molecule has 124 valence electrons. The molecule has 23 heavy (non-hydrogen) atoms. The van der Waals surface area contributed by atoms with Crippen LogP contribution in [0.25, 0.3) is 0 Å². The summed E-state index contributed by atoms with van der Waals surface area (Å²) in [6, 6.07) is 7.84. The fourth-order valence-corrected chi connectivity index (χ4v) is 2.13. The lowest BCUT2D eigenvalue weighted by Crippen LogP contribution is -2.32. The van der Waals surface area contributed by atoms with Crippen LogP contribution in [0.3, 0.4) is 0 Å². The van der Waals surface area contributed by atoms with Crippen molar-refractivity contribution in [3.63, 3.8) is 0 Å². The third kappa shape index (κ3) is 5.02. The first-order valence-corrected chi connectivity index (χ1v) is 7.57. The van der Waals surface area contributed by atoms with Gasteiger partial charge in [-0.25, -0.2) is 4.79 Å². The number of benzene rings is 1. The van der Waals surface area contributed by atoms with E-state index in [0.29, 0.717) is 13.2 Å². The minimum Gasteiger partial charge on any atom is -0.493 e. The normalized spacial score (nSPS) is 14.8. The van der Waals surface area contributed by atoms with Crippen LogP contribution in [0.4, 0.5) is 0 Å². The highest BCUT2D eigenvalue weighted by Gasteiger charge is 2.19. The van der Waals surface area contributed by atoms with E-state index in [-0.39, 0.29) is 24.3 Å². The summed E-state index contributed by atoms with van der Waals surface area (Å²) in [6.07, 6.45) is 1.94. The Kier molecular flexibility index (Phi) is 6.02. The molecule has 1 N–H and O–H groups in total. The molecule has 1 aliphatic heterocycles. The van der Waals surface area contributed by atoms with Gasteiger partial charge in [-0.3, -0.25) is 4.79 Å². The van der Waals surface area contributed by atoms with Crippen LogP contribution < -0.4 is 5.32 Å². The van der Waals surface area contributed by atoms with Gasteiger partial charge in [0.25, 0.3) is 5.91 Å². The van der Waals surface area contributed by atoms with Crippen molar-refractivity contribution in [2.45, 2.75) is 26.3 Å². The maximum atomic E-state index is 12.0. The molecule has 0 radical (unpaired) electrons. The maximum Gasteiger partial charge on any atom is 0.377 e. The molecule has 1 amide bonds. The third-order valence-corrected chi connectivity index (χ3v) is 3.41. The highest BCUT2D eigenvalue weighted by atomic mass is 16.6. The van der Waals surface area contributed by atoms with Crippen LogP contribution in [0, 0.1) is 6.92 Å². The Morgan fingerprint density at radius 3 is 2.61 bits per heavy atom. The zero-order valence-electron chi connectivity index (χ0n) is 13.3. The second kappa shape index (κ2) is 8.22. The Hall–Kier alpha value is -2.50. The molecule has 6 heteroatoms. The van der Waals surface area contributed by atoms with Crippen molar-refractivity contribution >= 4 is 11.9 Å². The monoisotopic (exact) mass is 319 g/mol. The average Bonchev–Trinajstić information content (AvgIpc) is 2.59. The first kappa shape index (κ1) is 16.9. The van der Waals surface area contributed by atoms with Crippen LogP contribution in [0.2, 0.25) is 0 Å². The van der Waals surface area contributed by atoms with Crippen molar-refractivity contribution in [1.29, 1.82) is 0 Å². The van der Waals surface area contributed by atoms with Gasteiger partial charge in [0.05, 0.1) is 6.04 Å². The Morgan fingerprint density at radius 2 is 2.00 bits per heavy atom. The third-order valence-electron chi connectivity index (χ3n) is 3.41. The van der Waals surface area contributed by atoms with E-state index in [1.165, 1.54) is 6.26 Å². The molecular formula is C17H21NO5. The van der Waals surface area contributed by atoms with E-state index in [2.05, 4.69) is 5.32 Å². The zero-order valence-corrected chi connectivity index (χ0v) is 13.3. The van der Waals surface area contributed by atoms with Crippen molar-refractivity contribution in [2.75, 3.05) is 19.8 Å². The Bertz CT molecular complexity index is 579. The molecule has 1 aliphatic rings. The first-order chi connectivity index (χ1) is 11.1. The Labute approximate surface area is 135 Å². The number of hydrogen-bond acceptors (Lipinski definition) is 5. The van der Waals surface area contributed by atoms with E-state index in [1.807, 2.05) is 38.1 Å². The van der Waals surface area contributed by atoms with Gasteiger partial charge in [0.1, 0.15) is 19.5 Å². The van der Waals surface area contributed by atoms with Crippen molar-refractivity contribution in [3.8, 4) is 0 Å². The number of ether oxygens (including phenoxy) is 3. The maximum absolute atomic E-state index is 12.0. The van der Waals surface area contributed by atoms with Crippen LogP contribution in [0.1, 0.15) is 30.5 Å². The molecule has 0 unspecified atom stereocenters. The van der Waals surface area contributed by atoms with Crippen molar-refractivity contribution < 1.29 is 23.8 Å². The van der Waals surface area contributed by atoms with E-state index in [9.17, 15) is 9.59 Å². The number of esters is 1. The summed E-state index contributed by atoms with van der Waals surface area (Å²) in [7, 11) is 0. The van der Waals surface area contributed by atoms with Crippen LogP contribution in [0.5, 0.6) is 0 Å². The zero-order chi connectivity index (χ0) is 16.7. The molecule has 0 aromatic heterocycles. The number of carbonyl (C=O) groups excluding carboxylic acids is 2. The van der Waals surface area contributed by atoms with Crippen molar-refractivity contribution in [1.82, 2.24) is 5.32 Å². The van der Waals surface area contributed by atoms with E-state index >= 15 is 0 Å². The number of amides is 1. The molecule has 0 bridgehead atoms. The summed E-state index contributed by atoms with van der Waals surface area (Å²) < 4.78 is 15.0.